The standard InChI is InChI=1S/C44H70O16/c1-19-8-13-44(53-18-19)20(2)30-27(60-44)15-26-24-7-6-22-14-23(9-11-42(22,4)25(24)10-12-43(26,30)5)55-41-36(52)38(59-39-35(51)33(49)31(47)21(3)54-39)37(29(17-46)57-41)58-40-34(50)32(48)28(16-45)56-40/h6,19-21,23-41,45-52H,7-18H2,1-5H3/t19-,20+,21+,23+,24-,25+,26+,27+,28+,29-,30+,31+,32+,33-,34-,35-,36-,37-,38-,39-,40+,41-,42+,43+,44-/m1/s1. The minimum atomic E-state index is -1.73. The Morgan fingerprint density at radius 3 is 2.08 bits per heavy atom. The van der Waals surface area contributed by atoms with Gasteiger partial charge in [0.1, 0.15) is 61.0 Å². The second-order valence-corrected chi connectivity index (χ2v) is 20.6. The Morgan fingerprint density at radius 2 is 1.38 bits per heavy atom. The predicted octanol–water partition coefficient (Wildman–Crippen LogP) is 0.853. The van der Waals surface area contributed by atoms with Crippen molar-refractivity contribution >= 4 is 0 Å². The maximum atomic E-state index is 12.0. The van der Waals surface area contributed by atoms with E-state index < -0.39 is 105 Å². The van der Waals surface area contributed by atoms with Crippen LogP contribution in [0.1, 0.15) is 92.4 Å². The highest BCUT2D eigenvalue weighted by Crippen LogP contribution is 2.70. The second kappa shape index (κ2) is 16.5. The number of aliphatic hydroxyl groups is 8. The highest BCUT2D eigenvalue weighted by molar-refractivity contribution is 5.26. The number of hydrogen-bond donors (Lipinski definition) is 8. The fraction of sp³-hybridized carbons (Fsp3) is 0.955. The highest BCUT2D eigenvalue weighted by Gasteiger charge is 2.69. The van der Waals surface area contributed by atoms with Gasteiger partial charge in [-0.05, 0) is 98.7 Å². The number of allylic oxidation sites excluding steroid dienone is 1. The molecule has 9 rings (SSSR count). The molecule has 0 bridgehead atoms. The molecule has 4 aliphatic carbocycles. The molecule has 60 heavy (non-hydrogen) atoms. The van der Waals surface area contributed by atoms with E-state index in [9.17, 15) is 40.9 Å². The Labute approximate surface area is 352 Å². The Hall–Kier alpha value is -0.900. The van der Waals surface area contributed by atoms with E-state index >= 15 is 0 Å². The molecule has 25 atom stereocenters. The molecule has 0 radical (unpaired) electrons. The van der Waals surface area contributed by atoms with E-state index in [1.54, 1.807) is 0 Å². The molecule has 0 aromatic carbocycles. The molecule has 0 unspecified atom stereocenters. The topological polar surface area (TPSA) is 236 Å². The molecule has 8 fully saturated rings. The lowest BCUT2D eigenvalue weighted by Crippen LogP contribution is -2.65. The van der Waals surface area contributed by atoms with Crippen molar-refractivity contribution in [1.29, 1.82) is 0 Å². The molecule has 3 saturated carbocycles. The summed E-state index contributed by atoms with van der Waals surface area (Å²) >= 11 is 0. The molecular weight excluding hydrogens is 784 g/mol. The molecule has 342 valence electrons. The van der Waals surface area contributed by atoms with Crippen molar-refractivity contribution in [3.05, 3.63) is 11.6 Å². The molecule has 16 heteroatoms. The van der Waals surface area contributed by atoms with Gasteiger partial charge in [-0.1, -0.05) is 39.3 Å². The molecule has 0 aromatic rings. The average molecular weight is 855 g/mol. The number of aliphatic hydroxyl groups excluding tert-OH is 8. The van der Waals surface area contributed by atoms with E-state index in [0.29, 0.717) is 48.3 Å². The van der Waals surface area contributed by atoms with Crippen LogP contribution in [0.5, 0.6) is 0 Å². The average Bonchev–Trinajstić information content (AvgIpc) is 3.79. The Morgan fingerprint density at radius 1 is 0.700 bits per heavy atom. The highest BCUT2D eigenvalue weighted by atomic mass is 16.8. The van der Waals surface area contributed by atoms with Crippen LogP contribution in [0, 0.1) is 46.3 Å². The van der Waals surface area contributed by atoms with E-state index in [-0.39, 0.29) is 23.0 Å². The molecule has 5 aliphatic heterocycles. The minimum Gasteiger partial charge on any atom is -0.394 e. The van der Waals surface area contributed by atoms with E-state index in [4.69, 9.17) is 37.9 Å². The van der Waals surface area contributed by atoms with E-state index in [1.165, 1.54) is 18.9 Å². The zero-order valence-corrected chi connectivity index (χ0v) is 35.6. The number of rotatable bonds is 8. The number of ether oxygens (including phenoxy) is 8. The first kappa shape index (κ1) is 44.3. The molecule has 1 spiro atoms. The van der Waals surface area contributed by atoms with Crippen LogP contribution < -0.4 is 0 Å². The van der Waals surface area contributed by atoms with Gasteiger partial charge < -0.3 is 78.7 Å². The summed E-state index contributed by atoms with van der Waals surface area (Å²) in [6.07, 6.45) is -8.89. The summed E-state index contributed by atoms with van der Waals surface area (Å²) in [5.74, 6) is 2.69. The molecule has 0 aromatic heterocycles. The number of fused-ring (bicyclic) bond motifs is 7. The largest absolute Gasteiger partial charge is 0.394 e. The van der Waals surface area contributed by atoms with Crippen molar-refractivity contribution in [3.63, 3.8) is 0 Å². The zero-order chi connectivity index (χ0) is 42.6. The van der Waals surface area contributed by atoms with E-state index in [2.05, 4.69) is 33.8 Å². The van der Waals surface area contributed by atoms with Crippen LogP contribution in [-0.4, -0.2) is 165 Å². The summed E-state index contributed by atoms with van der Waals surface area (Å²) in [6.45, 7) is 10.6. The van der Waals surface area contributed by atoms with Crippen LogP contribution in [0.15, 0.2) is 11.6 Å². The molecule has 0 amide bonds. The molecule has 8 N–H and O–H groups in total. The van der Waals surface area contributed by atoms with Crippen LogP contribution >= 0.6 is 0 Å². The fourth-order valence-electron chi connectivity index (χ4n) is 13.8. The zero-order valence-electron chi connectivity index (χ0n) is 35.6. The molecule has 5 saturated heterocycles. The summed E-state index contributed by atoms with van der Waals surface area (Å²) in [7, 11) is 0. The third-order valence-electron chi connectivity index (χ3n) is 17.3. The van der Waals surface area contributed by atoms with Crippen molar-refractivity contribution in [3.8, 4) is 0 Å². The summed E-state index contributed by atoms with van der Waals surface area (Å²) in [5.41, 5.74) is 1.56. The van der Waals surface area contributed by atoms with Crippen molar-refractivity contribution in [1.82, 2.24) is 0 Å². The van der Waals surface area contributed by atoms with Gasteiger partial charge in [0.15, 0.2) is 24.7 Å². The van der Waals surface area contributed by atoms with Gasteiger partial charge in [0.05, 0.1) is 38.1 Å². The van der Waals surface area contributed by atoms with Gasteiger partial charge >= 0.3 is 0 Å². The maximum Gasteiger partial charge on any atom is 0.187 e. The van der Waals surface area contributed by atoms with Gasteiger partial charge in [0.25, 0.3) is 0 Å². The predicted molar refractivity (Wildman–Crippen MR) is 208 cm³/mol. The number of hydrogen-bond acceptors (Lipinski definition) is 16. The van der Waals surface area contributed by atoms with Crippen molar-refractivity contribution in [2.75, 3.05) is 19.8 Å². The quantitative estimate of drug-likeness (QED) is 0.158. The smallest absolute Gasteiger partial charge is 0.187 e. The van der Waals surface area contributed by atoms with Crippen LogP contribution in [0.4, 0.5) is 0 Å². The third-order valence-corrected chi connectivity index (χ3v) is 17.3. The Kier molecular flexibility index (Phi) is 12.2. The lowest BCUT2D eigenvalue weighted by Gasteiger charge is -2.58. The van der Waals surface area contributed by atoms with E-state index in [0.717, 1.165) is 45.1 Å². The SMILES string of the molecule is C[C@@H]1CC[C@@]2(OC1)O[C@H]1C[C@H]3[C@@H]4CC=C5C[C@@H](O[C@@H]6O[C@H](CO)[C@@H](O[C@@H]7O[C@@H](CO)[C@H](O)[C@H]7O)[C@H](O[C@H]7O[C@@H](C)[C@H](O)[C@@H](O)[C@H]7O)[C@H]6O)CC[C@]5(C)[C@H]4CC[C@]3(C)[C@H]1[C@@H]2C. The summed E-state index contributed by atoms with van der Waals surface area (Å²) in [6, 6.07) is 0. The van der Waals surface area contributed by atoms with Gasteiger partial charge in [-0.3, -0.25) is 0 Å². The fourth-order valence-corrected chi connectivity index (χ4v) is 13.8. The van der Waals surface area contributed by atoms with Crippen molar-refractivity contribution in [2.24, 2.45) is 46.3 Å². The van der Waals surface area contributed by atoms with Gasteiger partial charge in [0, 0.05) is 12.3 Å². The lowest BCUT2D eigenvalue weighted by molar-refractivity contribution is -0.376. The maximum absolute atomic E-state index is 12.0. The molecule has 5 heterocycles. The third kappa shape index (κ3) is 7.10. The van der Waals surface area contributed by atoms with Gasteiger partial charge in [-0.25, -0.2) is 0 Å². The Bertz CT molecular complexity index is 1560. The van der Waals surface area contributed by atoms with E-state index in [1.807, 2.05) is 0 Å². The van der Waals surface area contributed by atoms with Crippen molar-refractivity contribution in [2.45, 2.75) is 196 Å². The summed E-state index contributed by atoms with van der Waals surface area (Å²) in [4.78, 5) is 0. The first-order valence-corrected chi connectivity index (χ1v) is 22.8. The lowest BCUT2D eigenvalue weighted by atomic mass is 9.47. The molecule has 16 nitrogen and oxygen atoms in total. The first-order chi connectivity index (χ1) is 28.5. The molecule has 9 aliphatic rings. The van der Waals surface area contributed by atoms with Crippen LogP contribution in [-0.2, 0) is 37.9 Å². The van der Waals surface area contributed by atoms with Crippen LogP contribution in [0.2, 0.25) is 0 Å². The van der Waals surface area contributed by atoms with Gasteiger partial charge in [-0.2, -0.15) is 0 Å². The van der Waals surface area contributed by atoms with Crippen molar-refractivity contribution < 1.29 is 78.7 Å². The summed E-state index contributed by atoms with van der Waals surface area (Å²) < 4.78 is 49.7. The van der Waals surface area contributed by atoms with Gasteiger partial charge in [0.2, 0.25) is 0 Å². The van der Waals surface area contributed by atoms with Gasteiger partial charge in [-0.15, -0.1) is 0 Å². The minimum absolute atomic E-state index is 0.00194. The molecular formula is C44H70O16. The Balaban J connectivity index is 0.901. The second-order valence-electron chi connectivity index (χ2n) is 20.6. The first-order valence-electron chi connectivity index (χ1n) is 22.8. The van der Waals surface area contributed by atoms with Crippen LogP contribution in [0.3, 0.4) is 0 Å². The van der Waals surface area contributed by atoms with Crippen LogP contribution in [0.25, 0.3) is 0 Å². The monoisotopic (exact) mass is 854 g/mol. The summed E-state index contributed by atoms with van der Waals surface area (Å²) in [5, 5.41) is 85.0. The normalized spacial score (nSPS) is 57.7.